The van der Waals surface area contributed by atoms with E-state index in [4.69, 9.17) is 0 Å². The molecular weight excluding hydrogens is 336 g/mol. The Hall–Kier alpha value is -1.85. The predicted octanol–water partition coefficient (Wildman–Crippen LogP) is 2.63. The Morgan fingerprint density at radius 1 is 1.20 bits per heavy atom. The maximum absolute atomic E-state index is 13.0. The van der Waals surface area contributed by atoms with Crippen LogP contribution in [0.25, 0.3) is 0 Å². The quantitative estimate of drug-likeness (QED) is 0.915. The summed E-state index contributed by atoms with van der Waals surface area (Å²) in [6.07, 6.45) is 5.22. The molecule has 2 saturated heterocycles. The fourth-order valence-corrected chi connectivity index (χ4v) is 3.87. The Labute approximate surface area is 154 Å². The number of benzene rings is 1. The molecule has 1 aromatic heterocycles. The van der Waals surface area contributed by atoms with Gasteiger partial charge in [-0.25, -0.2) is 0 Å². The molecule has 0 spiro atoms. The molecule has 1 amide bonds. The third-order valence-electron chi connectivity index (χ3n) is 5.32. The molecule has 1 N–H and O–H groups in total. The number of nitrogens with one attached hydrogen (secondary N) is 1. The van der Waals surface area contributed by atoms with Crippen molar-refractivity contribution in [3.8, 4) is 0 Å². The van der Waals surface area contributed by atoms with Crippen molar-refractivity contribution in [2.45, 2.75) is 44.8 Å². The van der Waals surface area contributed by atoms with Crippen molar-refractivity contribution in [2.24, 2.45) is 0 Å². The van der Waals surface area contributed by atoms with Crippen LogP contribution in [0.4, 0.5) is 0 Å². The van der Waals surface area contributed by atoms with Crippen LogP contribution in [0.3, 0.4) is 0 Å². The summed E-state index contributed by atoms with van der Waals surface area (Å²) in [4.78, 5) is 15.0. The molecule has 3 heterocycles. The van der Waals surface area contributed by atoms with Gasteiger partial charge in [-0.05, 0) is 31.7 Å². The highest BCUT2D eigenvalue weighted by atomic mass is 35.5. The molecule has 134 valence electrons. The van der Waals surface area contributed by atoms with Crippen LogP contribution in [-0.4, -0.2) is 45.8 Å². The summed E-state index contributed by atoms with van der Waals surface area (Å²) >= 11 is 0. The molecule has 6 heteroatoms. The minimum Gasteiger partial charge on any atom is -0.337 e. The number of halogens is 1. The molecule has 2 aliphatic rings. The molecule has 1 aromatic carbocycles. The second-order valence-corrected chi connectivity index (χ2v) is 6.96. The summed E-state index contributed by atoms with van der Waals surface area (Å²) in [6.45, 7) is 4.35. The number of likely N-dealkylation sites (tertiary alicyclic amines) is 1. The SMILES string of the molecule is Cc1c(C(=O)N2CCC3CCC(C2)N3)cnn1Cc1ccccc1.Cl. The van der Waals surface area contributed by atoms with Gasteiger partial charge in [0.05, 0.1) is 18.3 Å². The smallest absolute Gasteiger partial charge is 0.257 e. The summed E-state index contributed by atoms with van der Waals surface area (Å²) in [6, 6.07) is 11.3. The normalized spacial score (nSPS) is 22.4. The lowest BCUT2D eigenvalue weighted by Crippen LogP contribution is -2.39. The number of carbonyl (C=O) groups is 1. The van der Waals surface area contributed by atoms with Crippen molar-refractivity contribution in [1.82, 2.24) is 20.0 Å². The molecular formula is C19H25ClN4O. The van der Waals surface area contributed by atoms with Crippen molar-refractivity contribution >= 4 is 18.3 Å². The van der Waals surface area contributed by atoms with Crippen LogP contribution in [0.15, 0.2) is 36.5 Å². The van der Waals surface area contributed by atoms with Gasteiger partial charge in [-0.2, -0.15) is 5.10 Å². The van der Waals surface area contributed by atoms with Crippen LogP contribution >= 0.6 is 12.4 Å². The van der Waals surface area contributed by atoms with Gasteiger partial charge in [-0.1, -0.05) is 30.3 Å². The first-order valence-electron chi connectivity index (χ1n) is 8.82. The van der Waals surface area contributed by atoms with E-state index in [0.717, 1.165) is 30.8 Å². The number of amides is 1. The minimum absolute atomic E-state index is 0. The monoisotopic (exact) mass is 360 g/mol. The molecule has 0 radical (unpaired) electrons. The Morgan fingerprint density at radius 3 is 2.76 bits per heavy atom. The average Bonchev–Trinajstić information content (AvgIpc) is 3.11. The van der Waals surface area contributed by atoms with Gasteiger partial charge in [-0.15, -0.1) is 12.4 Å². The predicted molar refractivity (Wildman–Crippen MR) is 100 cm³/mol. The van der Waals surface area contributed by atoms with Crippen LogP contribution in [0.5, 0.6) is 0 Å². The van der Waals surface area contributed by atoms with E-state index in [1.54, 1.807) is 6.20 Å². The Bertz CT molecular complexity index is 730. The van der Waals surface area contributed by atoms with Crippen molar-refractivity contribution in [3.63, 3.8) is 0 Å². The minimum atomic E-state index is 0. The van der Waals surface area contributed by atoms with Gasteiger partial charge in [0, 0.05) is 30.9 Å². The highest BCUT2D eigenvalue weighted by Gasteiger charge is 2.32. The van der Waals surface area contributed by atoms with E-state index >= 15 is 0 Å². The third kappa shape index (κ3) is 3.72. The molecule has 25 heavy (non-hydrogen) atoms. The van der Waals surface area contributed by atoms with Crippen molar-refractivity contribution in [2.75, 3.05) is 13.1 Å². The summed E-state index contributed by atoms with van der Waals surface area (Å²) in [7, 11) is 0. The summed E-state index contributed by atoms with van der Waals surface area (Å²) < 4.78 is 1.92. The second-order valence-electron chi connectivity index (χ2n) is 6.96. The molecule has 2 unspecified atom stereocenters. The number of rotatable bonds is 3. The Morgan fingerprint density at radius 2 is 1.96 bits per heavy atom. The van der Waals surface area contributed by atoms with E-state index < -0.39 is 0 Å². The maximum Gasteiger partial charge on any atom is 0.257 e. The number of carbonyl (C=O) groups excluding carboxylic acids is 1. The van der Waals surface area contributed by atoms with Crippen LogP contribution in [-0.2, 0) is 6.54 Å². The van der Waals surface area contributed by atoms with Gasteiger partial charge in [-0.3, -0.25) is 9.48 Å². The Kier molecular flexibility index (Phi) is 5.45. The summed E-state index contributed by atoms with van der Waals surface area (Å²) in [5.41, 5.74) is 2.88. The second kappa shape index (κ2) is 7.58. The van der Waals surface area contributed by atoms with Crippen molar-refractivity contribution < 1.29 is 4.79 Å². The van der Waals surface area contributed by atoms with Gasteiger partial charge in [0.15, 0.2) is 0 Å². The number of hydrogen-bond donors (Lipinski definition) is 1. The standard InChI is InChI=1S/C19H24N4O.ClH/c1-14-18(11-20-23(14)12-15-5-3-2-4-6-15)19(24)22-10-9-16-7-8-17(13-22)21-16;/h2-6,11,16-17,21H,7-10,12-13H2,1H3;1H. The van der Waals surface area contributed by atoms with Crippen LogP contribution in [0.1, 0.15) is 40.9 Å². The first kappa shape index (κ1) is 18.0. The summed E-state index contributed by atoms with van der Waals surface area (Å²) in [5, 5.41) is 8.08. The van der Waals surface area contributed by atoms with E-state index in [1.165, 1.54) is 18.4 Å². The molecule has 5 nitrogen and oxygen atoms in total. The highest BCUT2D eigenvalue weighted by molar-refractivity contribution is 5.95. The van der Waals surface area contributed by atoms with E-state index in [1.807, 2.05) is 34.7 Å². The third-order valence-corrected chi connectivity index (χ3v) is 5.32. The largest absolute Gasteiger partial charge is 0.337 e. The fraction of sp³-hybridized carbons (Fsp3) is 0.474. The zero-order valence-corrected chi connectivity index (χ0v) is 15.3. The molecule has 2 aromatic rings. The molecule has 0 aliphatic carbocycles. The topological polar surface area (TPSA) is 50.2 Å². The molecule has 0 saturated carbocycles. The number of hydrogen-bond acceptors (Lipinski definition) is 3. The van der Waals surface area contributed by atoms with Crippen molar-refractivity contribution in [3.05, 3.63) is 53.3 Å². The van der Waals surface area contributed by atoms with Crippen LogP contribution in [0.2, 0.25) is 0 Å². The molecule has 2 atom stereocenters. The highest BCUT2D eigenvalue weighted by Crippen LogP contribution is 2.22. The van der Waals surface area contributed by atoms with Gasteiger partial charge < -0.3 is 10.2 Å². The molecule has 2 bridgehead atoms. The Balaban J connectivity index is 0.00000182. The van der Waals surface area contributed by atoms with Gasteiger partial charge >= 0.3 is 0 Å². The molecule has 2 fully saturated rings. The average molecular weight is 361 g/mol. The molecule has 4 rings (SSSR count). The van der Waals surface area contributed by atoms with Crippen LogP contribution < -0.4 is 5.32 Å². The van der Waals surface area contributed by atoms with E-state index in [2.05, 4.69) is 22.5 Å². The number of aromatic nitrogens is 2. The lowest BCUT2D eigenvalue weighted by molar-refractivity contribution is 0.0747. The van der Waals surface area contributed by atoms with Crippen molar-refractivity contribution in [1.29, 1.82) is 0 Å². The van der Waals surface area contributed by atoms with Gasteiger partial charge in [0.1, 0.15) is 0 Å². The zero-order chi connectivity index (χ0) is 16.5. The fourth-order valence-electron chi connectivity index (χ4n) is 3.87. The number of fused-ring (bicyclic) bond motifs is 2. The van der Waals surface area contributed by atoms with E-state index in [-0.39, 0.29) is 18.3 Å². The first-order chi connectivity index (χ1) is 11.7. The first-order valence-corrected chi connectivity index (χ1v) is 8.82. The lowest BCUT2D eigenvalue weighted by Gasteiger charge is -2.24. The van der Waals surface area contributed by atoms with Gasteiger partial charge in [0.2, 0.25) is 0 Å². The summed E-state index contributed by atoms with van der Waals surface area (Å²) in [5.74, 6) is 0.126. The maximum atomic E-state index is 13.0. The lowest BCUT2D eigenvalue weighted by atomic mass is 10.1. The number of nitrogens with zero attached hydrogens (tertiary/aromatic N) is 3. The van der Waals surface area contributed by atoms with E-state index in [0.29, 0.717) is 18.6 Å². The molecule has 2 aliphatic heterocycles. The van der Waals surface area contributed by atoms with Gasteiger partial charge in [0.25, 0.3) is 5.91 Å². The van der Waals surface area contributed by atoms with Crippen LogP contribution in [0, 0.1) is 6.92 Å². The van der Waals surface area contributed by atoms with E-state index in [9.17, 15) is 4.79 Å². The zero-order valence-electron chi connectivity index (χ0n) is 14.5.